The molecule has 0 radical (unpaired) electrons. The fourth-order valence-electron chi connectivity index (χ4n) is 2.29. The Hall–Kier alpha value is -1.78. The van der Waals surface area contributed by atoms with Crippen LogP contribution in [0.15, 0.2) is 36.4 Å². The van der Waals surface area contributed by atoms with E-state index < -0.39 is 17.7 Å². The van der Waals surface area contributed by atoms with Crippen molar-refractivity contribution in [2.45, 2.75) is 31.9 Å². The molecule has 0 aliphatic heterocycles. The molecule has 1 aliphatic carbocycles. The van der Waals surface area contributed by atoms with Gasteiger partial charge in [-0.25, -0.2) is 0 Å². The van der Waals surface area contributed by atoms with Crippen LogP contribution in [0, 0.1) is 5.92 Å². The van der Waals surface area contributed by atoms with E-state index in [1.807, 2.05) is 0 Å². The highest BCUT2D eigenvalue weighted by Crippen LogP contribution is 2.29. The van der Waals surface area contributed by atoms with Gasteiger partial charge >= 0.3 is 12.1 Å². The lowest BCUT2D eigenvalue weighted by Crippen LogP contribution is -2.16. The minimum atomic E-state index is -4.39. The van der Waals surface area contributed by atoms with E-state index in [1.54, 1.807) is 0 Å². The maximum Gasteiger partial charge on any atom is 0.416 e. The Labute approximate surface area is 121 Å². The van der Waals surface area contributed by atoms with E-state index >= 15 is 0 Å². The van der Waals surface area contributed by atoms with Gasteiger partial charge in [0.1, 0.15) is 0 Å². The van der Waals surface area contributed by atoms with Crippen LogP contribution in [-0.2, 0) is 22.1 Å². The van der Waals surface area contributed by atoms with Crippen LogP contribution in [0.1, 0.15) is 30.4 Å². The van der Waals surface area contributed by atoms with Crippen molar-refractivity contribution >= 4 is 5.97 Å². The highest BCUT2D eigenvalue weighted by molar-refractivity contribution is 5.72. The predicted molar refractivity (Wildman–Crippen MR) is 72.6 cm³/mol. The quantitative estimate of drug-likeness (QED) is 0.616. The van der Waals surface area contributed by atoms with Crippen molar-refractivity contribution in [2.75, 3.05) is 6.61 Å². The van der Waals surface area contributed by atoms with Crippen molar-refractivity contribution in [1.82, 2.24) is 0 Å². The topological polar surface area (TPSA) is 26.3 Å². The van der Waals surface area contributed by atoms with Crippen LogP contribution in [0.25, 0.3) is 0 Å². The van der Waals surface area contributed by atoms with E-state index in [2.05, 4.69) is 12.2 Å². The molecule has 0 amide bonds. The second-order valence-corrected chi connectivity index (χ2v) is 5.21. The van der Waals surface area contributed by atoms with Crippen LogP contribution in [0.4, 0.5) is 13.2 Å². The number of ether oxygens (including phenoxy) is 1. The Morgan fingerprint density at radius 1 is 1.29 bits per heavy atom. The van der Waals surface area contributed by atoms with E-state index in [-0.39, 0.29) is 6.42 Å². The summed E-state index contributed by atoms with van der Waals surface area (Å²) in [5.41, 5.74) is -0.427. The number of hydrogen-bond donors (Lipinski definition) is 0. The fraction of sp³-hybridized carbons (Fsp3) is 0.438. The van der Waals surface area contributed by atoms with Gasteiger partial charge in [0.05, 0.1) is 18.6 Å². The molecule has 114 valence electrons. The second-order valence-electron chi connectivity index (χ2n) is 5.21. The molecule has 2 nitrogen and oxygen atoms in total. The predicted octanol–water partition coefficient (Wildman–Crippen LogP) is 4.15. The zero-order valence-electron chi connectivity index (χ0n) is 11.5. The van der Waals surface area contributed by atoms with Gasteiger partial charge in [-0.15, -0.1) is 0 Å². The highest BCUT2D eigenvalue weighted by Gasteiger charge is 2.30. The lowest BCUT2D eigenvalue weighted by molar-refractivity contribution is -0.144. The van der Waals surface area contributed by atoms with E-state index in [9.17, 15) is 18.0 Å². The summed E-state index contributed by atoms with van der Waals surface area (Å²) in [6.45, 7) is 0.335. The van der Waals surface area contributed by atoms with Crippen LogP contribution < -0.4 is 0 Å². The third-order valence-electron chi connectivity index (χ3n) is 3.46. The summed E-state index contributed by atoms with van der Waals surface area (Å²) in [7, 11) is 0. The summed E-state index contributed by atoms with van der Waals surface area (Å²) in [6.07, 6.45) is 2.48. The van der Waals surface area contributed by atoms with Gasteiger partial charge < -0.3 is 4.74 Å². The summed E-state index contributed by atoms with van der Waals surface area (Å²) in [6, 6.07) is 4.78. The molecule has 1 aliphatic rings. The number of allylic oxidation sites excluding steroid dienone is 2. The van der Waals surface area contributed by atoms with Gasteiger partial charge in [-0.05, 0) is 36.8 Å². The maximum atomic E-state index is 12.6. The number of halogens is 3. The van der Waals surface area contributed by atoms with Crippen LogP contribution >= 0.6 is 0 Å². The van der Waals surface area contributed by atoms with Crippen molar-refractivity contribution in [3.8, 4) is 0 Å². The zero-order valence-corrected chi connectivity index (χ0v) is 11.5. The number of carbonyl (C=O) groups excluding carboxylic acids is 1. The van der Waals surface area contributed by atoms with Gasteiger partial charge in [-0.3, -0.25) is 4.79 Å². The molecule has 0 saturated carbocycles. The summed E-state index contributed by atoms with van der Waals surface area (Å²) in [4.78, 5) is 11.7. The van der Waals surface area contributed by atoms with E-state index in [4.69, 9.17) is 4.74 Å². The smallest absolute Gasteiger partial charge is 0.416 e. The Morgan fingerprint density at radius 3 is 2.76 bits per heavy atom. The number of benzene rings is 1. The molecule has 0 aromatic heterocycles. The van der Waals surface area contributed by atoms with Gasteiger partial charge in [0.25, 0.3) is 0 Å². The Kier molecular flexibility index (Phi) is 5.04. The largest absolute Gasteiger partial charge is 0.465 e. The standard InChI is InChI=1S/C16H17F3O2/c17-16(18,19)14-8-4-7-13(9-14)10-15(20)21-11-12-5-2-1-3-6-12/h1-2,4,7-9,12H,3,5-6,10-11H2. The van der Waals surface area contributed by atoms with Gasteiger partial charge in [0.15, 0.2) is 0 Å². The molecule has 1 atom stereocenters. The first-order valence-electron chi connectivity index (χ1n) is 6.92. The van der Waals surface area contributed by atoms with Crippen LogP contribution in [0.5, 0.6) is 0 Å². The third-order valence-corrected chi connectivity index (χ3v) is 3.46. The highest BCUT2D eigenvalue weighted by atomic mass is 19.4. The SMILES string of the molecule is O=C(Cc1cccc(C(F)(F)F)c1)OCC1CC=CCC1. The lowest BCUT2D eigenvalue weighted by Gasteiger charge is -2.17. The zero-order chi connectivity index (χ0) is 15.3. The van der Waals surface area contributed by atoms with E-state index in [0.29, 0.717) is 18.1 Å². The molecule has 1 aromatic carbocycles. The molecule has 1 unspecified atom stereocenters. The van der Waals surface area contributed by atoms with E-state index in [1.165, 1.54) is 12.1 Å². The van der Waals surface area contributed by atoms with Crippen molar-refractivity contribution in [3.05, 3.63) is 47.5 Å². The van der Waals surface area contributed by atoms with Crippen molar-refractivity contribution in [1.29, 1.82) is 0 Å². The van der Waals surface area contributed by atoms with Gasteiger partial charge in [0, 0.05) is 0 Å². The molecule has 5 heteroatoms. The van der Waals surface area contributed by atoms with Crippen molar-refractivity contribution < 1.29 is 22.7 Å². The summed E-state index contributed by atoms with van der Waals surface area (Å²) in [5, 5.41) is 0. The van der Waals surface area contributed by atoms with Gasteiger partial charge in [-0.1, -0.05) is 30.4 Å². The van der Waals surface area contributed by atoms with Gasteiger partial charge in [0.2, 0.25) is 0 Å². The number of alkyl halides is 3. The molecule has 1 aromatic rings. The molecular weight excluding hydrogens is 281 g/mol. The summed E-state index contributed by atoms with van der Waals surface area (Å²) < 4.78 is 42.9. The monoisotopic (exact) mass is 298 g/mol. The Bertz CT molecular complexity index is 520. The Balaban J connectivity index is 1.86. The fourth-order valence-corrected chi connectivity index (χ4v) is 2.29. The average Bonchev–Trinajstić information content (AvgIpc) is 2.46. The van der Waals surface area contributed by atoms with Crippen LogP contribution in [-0.4, -0.2) is 12.6 Å². The molecule has 21 heavy (non-hydrogen) atoms. The van der Waals surface area contributed by atoms with Crippen molar-refractivity contribution in [2.24, 2.45) is 5.92 Å². The maximum absolute atomic E-state index is 12.6. The second kappa shape index (κ2) is 6.78. The molecule has 0 heterocycles. The molecule has 2 rings (SSSR count). The van der Waals surface area contributed by atoms with Gasteiger partial charge in [-0.2, -0.15) is 13.2 Å². The number of hydrogen-bond acceptors (Lipinski definition) is 2. The average molecular weight is 298 g/mol. The normalized spacial score (nSPS) is 18.5. The first-order chi connectivity index (χ1) is 9.95. The lowest BCUT2D eigenvalue weighted by atomic mass is 9.95. The van der Waals surface area contributed by atoms with Crippen LogP contribution in [0.2, 0.25) is 0 Å². The third kappa shape index (κ3) is 4.92. The molecule has 0 bridgehead atoms. The minimum Gasteiger partial charge on any atom is -0.465 e. The molecule has 0 N–H and O–H groups in total. The molecule has 0 spiro atoms. The molecule has 0 saturated heterocycles. The summed E-state index contributed by atoms with van der Waals surface area (Å²) >= 11 is 0. The minimum absolute atomic E-state index is 0.132. The van der Waals surface area contributed by atoms with Crippen molar-refractivity contribution in [3.63, 3.8) is 0 Å². The first kappa shape index (κ1) is 15.6. The number of esters is 1. The molecule has 0 fully saturated rings. The number of rotatable bonds is 4. The van der Waals surface area contributed by atoms with Crippen LogP contribution in [0.3, 0.4) is 0 Å². The summed E-state index contributed by atoms with van der Waals surface area (Å²) in [5.74, 6) is -0.163. The van der Waals surface area contributed by atoms with E-state index in [0.717, 1.165) is 31.4 Å². The first-order valence-corrected chi connectivity index (χ1v) is 6.92. The Morgan fingerprint density at radius 2 is 2.10 bits per heavy atom. The number of carbonyl (C=O) groups is 1. The molecular formula is C16H17F3O2.